The molecule has 87 heavy (non-hydrogen) atoms. The molecular weight excluding hydrogens is 1080 g/mol. The lowest BCUT2D eigenvalue weighted by atomic mass is 10.1. The topological polar surface area (TPSA) is 114 Å². The van der Waals surface area contributed by atoms with Gasteiger partial charge in [-0.15, -0.1) is 0 Å². The normalized spacial score (nSPS) is 11.7. The molecule has 1 unspecified atom stereocenters. The number of carbonyl (C=O) groups is 2. The zero-order valence-corrected chi connectivity index (χ0v) is 58.0. The molecule has 2 N–H and O–H groups in total. The molecule has 0 spiro atoms. The van der Waals surface area contributed by atoms with Gasteiger partial charge in [-0.25, -0.2) is 0 Å². The smallest absolute Gasteiger partial charge is 0.251 e. The Morgan fingerprint density at radius 3 is 0.713 bits per heavy atom. The van der Waals surface area contributed by atoms with E-state index in [4.69, 9.17) is 28.4 Å². The predicted molar refractivity (Wildman–Crippen MR) is 371 cm³/mol. The van der Waals surface area contributed by atoms with E-state index in [9.17, 15) is 9.59 Å². The fourth-order valence-electron chi connectivity index (χ4n) is 11.3. The fourth-order valence-corrected chi connectivity index (χ4v) is 11.3. The Kier molecular flexibility index (Phi) is 53.3. The largest absolute Gasteiger partial charge is 0.490 e. The third-order valence-corrected chi connectivity index (χ3v) is 17.0. The summed E-state index contributed by atoms with van der Waals surface area (Å²) in [6, 6.07) is 6.93. The van der Waals surface area contributed by atoms with Gasteiger partial charge in [0, 0.05) is 23.7 Å². The molecule has 2 rings (SSSR count). The molecule has 0 aliphatic heterocycles. The molecule has 0 aromatic heterocycles. The lowest BCUT2D eigenvalue weighted by molar-refractivity contribution is 0.0911. The summed E-state index contributed by atoms with van der Waals surface area (Å²) in [5.74, 6) is 2.91. The number of hydrogen-bond acceptors (Lipinski definition) is 8. The Morgan fingerprint density at radius 1 is 0.287 bits per heavy atom. The Morgan fingerprint density at radius 2 is 0.483 bits per heavy atom. The van der Waals surface area contributed by atoms with Crippen LogP contribution in [0.2, 0.25) is 0 Å². The summed E-state index contributed by atoms with van der Waals surface area (Å²) in [4.78, 5) is 28.8. The molecule has 0 radical (unpaired) electrons. The van der Waals surface area contributed by atoms with Gasteiger partial charge in [-0.1, -0.05) is 311 Å². The molecule has 504 valence electrons. The zero-order chi connectivity index (χ0) is 62.7. The summed E-state index contributed by atoms with van der Waals surface area (Å²) >= 11 is 0. The van der Waals surface area contributed by atoms with Crippen LogP contribution in [-0.4, -0.2) is 64.0 Å². The maximum absolute atomic E-state index is 14.4. The third kappa shape index (κ3) is 42.7. The van der Waals surface area contributed by atoms with Crippen LogP contribution in [0.15, 0.2) is 24.3 Å². The number of nitrogens with one attached hydrogen (secondary N) is 2. The van der Waals surface area contributed by atoms with E-state index < -0.39 is 6.04 Å². The van der Waals surface area contributed by atoms with E-state index in [2.05, 4.69) is 52.2 Å². The molecule has 0 fully saturated rings. The van der Waals surface area contributed by atoms with E-state index in [0.29, 0.717) is 85.3 Å². The van der Waals surface area contributed by atoms with Gasteiger partial charge in [0.1, 0.15) is 0 Å². The van der Waals surface area contributed by atoms with Crippen molar-refractivity contribution in [1.82, 2.24) is 10.6 Å². The Balaban J connectivity index is 2.38. The van der Waals surface area contributed by atoms with E-state index in [1.807, 2.05) is 31.2 Å². The van der Waals surface area contributed by atoms with Crippen molar-refractivity contribution < 1.29 is 38.0 Å². The van der Waals surface area contributed by atoms with Crippen LogP contribution >= 0.6 is 0 Å². The predicted octanol–water partition coefficient (Wildman–Crippen LogP) is 23.4. The maximum Gasteiger partial charge on any atom is 0.251 e. The van der Waals surface area contributed by atoms with Crippen molar-refractivity contribution in [3.8, 4) is 34.5 Å². The van der Waals surface area contributed by atoms with E-state index in [1.54, 1.807) is 0 Å². The van der Waals surface area contributed by atoms with Crippen molar-refractivity contribution in [1.29, 1.82) is 0 Å². The van der Waals surface area contributed by atoms with Crippen LogP contribution < -0.4 is 39.1 Å². The van der Waals surface area contributed by atoms with Gasteiger partial charge < -0.3 is 39.1 Å². The molecule has 0 saturated carbocycles. The molecule has 2 aromatic carbocycles. The Bertz CT molecular complexity index is 1800. The Hall–Kier alpha value is -3.82. The lowest BCUT2D eigenvalue weighted by Gasteiger charge is -2.20. The summed E-state index contributed by atoms with van der Waals surface area (Å²) in [5.41, 5.74) is 0.896. The average molecular weight is 1220 g/mol. The molecule has 0 saturated heterocycles. The highest BCUT2D eigenvalue weighted by atomic mass is 16.5. The minimum absolute atomic E-state index is 0.216. The SMILES string of the molecule is CCCCCCCCCCOc1cc(C(=O)NCC(C)NC(=O)c2cc(OCCCCCCCCCC)c(OCCCCCCCCCC)c(OCCCCCCCCCC)c2)cc(OCCCCCCCCCC)c1OCCCCCCCCCC. The van der Waals surface area contributed by atoms with Gasteiger partial charge in [-0.2, -0.15) is 0 Å². The second-order valence-corrected chi connectivity index (χ2v) is 25.6. The quantitative estimate of drug-likeness (QED) is 0.0630. The summed E-state index contributed by atoms with van der Waals surface area (Å²) in [6.45, 7) is 19.0. The minimum atomic E-state index is -0.396. The van der Waals surface area contributed by atoms with Crippen LogP contribution in [0.3, 0.4) is 0 Å². The number of unbranched alkanes of at least 4 members (excludes halogenated alkanes) is 42. The van der Waals surface area contributed by atoms with Crippen LogP contribution in [0.1, 0.15) is 377 Å². The summed E-state index contributed by atoms with van der Waals surface area (Å²) in [5, 5.41) is 6.34. The number of rotatable bonds is 65. The highest BCUT2D eigenvalue weighted by molar-refractivity contribution is 5.97. The van der Waals surface area contributed by atoms with Gasteiger partial charge in [0.15, 0.2) is 23.0 Å². The van der Waals surface area contributed by atoms with Crippen LogP contribution in [0.5, 0.6) is 34.5 Å². The summed E-state index contributed by atoms with van der Waals surface area (Å²) in [6.07, 6.45) is 58.0. The number of benzene rings is 2. The molecular formula is C77H138N2O8. The van der Waals surface area contributed by atoms with E-state index in [1.165, 1.54) is 231 Å². The second-order valence-electron chi connectivity index (χ2n) is 25.6. The highest BCUT2D eigenvalue weighted by Gasteiger charge is 2.23. The van der Waals surface area contributed by atoms with Crippen LogP contribution in [0, 0.1) is 0 Å². The summed E-state index contributed by atoms with van der Waals surface area (Å²) in [7, 11) is 0. The molecule has 0 bridgehead atoms. The van der Waals surface area contributed by atoms with Gasteiger partial charge in [0.05, 0.1) is 39.6 Å². The second kappa shape index (κ2) is 58.5. The van der Waals surface area contributed by atoms with Gasteiger partial charge in [0.2, 0.25) is 11.5 Å². The molecule has 0 aliphatic carbocycles. The van der Waals surface area contributed by atoms with Crippen molar-refractivity contribution in [2.45, 2.75) is 363 Å². The van der Waals surface area contributed by atoms with Gasteiger partial charge in [-0.05, 0) is 69.7 Å². The van der Waals surface area contributed by atoms with E-state index in [-0.39, 0.29) is 18.4 Å². The van der Waals surface area contributed by atoms with Gasteiger partial charge in [0.25, 0.3) is 11.8 Å². The van der Waals surface area contributed by atoms with Crippen molar-refractivity contribution in [3.05, 3.63) is 35.4 Å². The first-order valence-electron chi connectivity index (χ1n) is 37.5. The van der Waals surface area contributed by atoms with Crippen molar-refractivity contribution in [2.75, 3.05) is 46.2 Å². The number of hydrogen-bond donors (Lipinski definition) is 2. The molecule has 2 aromatic rings. The number of carbonyl (C=O) groups excluding carboxylic acids is 2. The molecule has 0 aliphatic rings. The fraction of sp³-hybridized carbons (Fsp3) is 0.818. The molecule has 0 heterocycles. The number of ether oxygens (including phenoxy) is 6. The molecule has 10 nitrogen and oxygen atoms in total. The minimum Gasteiger partial charge on any atom is -0.490 e. The van der Waals surface area contributed by atoms with Crippen LogP contribution in [0.25, 0.3) is 0 Å². The average Bonchev–Trinajstić information content (AvgIpc) is 2.47. The Labute approximate surface area is 536 Å². The van der Waals surface area contributed by atoms with Crippen molar-refractivity contribution in [3.63, 3.8) is 0 Å². The van der Waals surface area contributed by atoms with Crippen LogP contribution in [-0.2, 0) is 0 Å². The third-order valence-electron chi connectivity index (χ3n) is 17.0. The summed E-state index contributed by atoms with van der Waals surface area (Å²) < 4.78 is 39.6. The molecule has 1 atom stereocenters. The molecule has 2 amide bonds. The first kappa shape index (κ1) is 79.3. The first-order chi connectivity index (χ1) is 42.8. The number of amides is 2. The van der Waals surface area contributed by atoms with E-state index in [0.717, 1.165) is 77.0 Å². The van der Waals surface area contributed by atoms with Crippen molar-refractivity contribution >= 4 is 11.8 Å². The lowest BCUT2D eigenvalue weighted by Crippen LogP contribution is -2.41. The van der Waals surface area contributed by atoms with Gasteiger partial charge >= 0.3 is 0 Å². The zero-order valence-electron chi connectivity index (χ0n) is 58.0. The first-order valence-corrected chi connectivity index (χ1v) is 37.5. The maximum atomic E-state index is 14.4. The highest BCUT2D eigenvalue weighted by Crippen LogP contribution is 2.41. The van der Waals surface area contributed by atoms with Crippen molar-refractivity contribution in [2.24, 2.45) is 0 Å². The molecule has 10 heteroatoms. The monoisotopic (exact) mass is 1220 g/mol. The van der Waals surface area contributed by atoms with E-state index >= 15 is 0 Å². The standard InChI is InChI=1S/C77H138N2O8/c1-8-14-20-26-32-38-44-50-56-82-70-62-68(63-71(83-57-51-45-39-33-27-21-15-9-2)74(70)86-60-54-48-42-36-30-24-18-12-5)76(80)78-66-67(7)79-77(81)69-64-72(84-58-52-46-40-34-28-22-16-10-3)75(87-61-55-49-43-37-31-25-19-13-6)73(65-69)85-59-53-47-41-35-29-23-17-11-4/h62-65,67H,8-61,66H2,1-7H3,(H,78,80)(H,79,81). The van der Waals surface area contributed by atoms with Gasteiger partial charge in [-0.3, -0.25) is 9.59 Å². The van der Waals surface area contributed by atoms with Crippen LogP contribution in [0.4, 0.5) is 0 Å².